The van der Waals surface area contributed by atoms with Crippen molar-refractivity contribution < 1.29 is 14.2 Å². The molecule has 3 rings (SSSR count). The van der Waals surface area contributed by atoms with Gasteiger partial charge in [0.1, 0.15) is 23.4 Å². The van der Waals surface area contributed by atoms with Gasteiger partial charge in [-0.25, -0.2) is 4.39 Å². The number of phenolic OH excluding ortho intramolecular Hbond substituents is 1. The molecule has 0 heterocycles. The third-order valence-electron chi connectivity index (χ3n) is 3.70. The molecule has 5 heteroatoms. The van der Waals surface area contributed by atoms with Crippen molar-refractivity contribution >= 4 is 17.4 Å². The van der Waals surface area contributed by atoms with E-state index in [1.807, 2.05) is 31.2 Å². The lowest BCUT2D eigenvalue weighted by molar-refractivity contribution is 0.227. The van der Waals surface area contributed by atoms with Gasteiger partial charge >= 0.3 is 0 Å². The molecule has 3 aromatic carbocycles. The van der Waals surface area contributed by atoms with E-state index in [-0.39, 0.29) is 17.7 Å². The minimum absolute atomic E-state index is 0.212. The first-order chi connectivity index (χ1) is 12.0. The van der Waals surface area contributed by atoms with E-state index < -0.39 is 0 Å². The summed E-state index contributed by atoms with van der Waals surface area (Å²) in [5.74, 6) is 0.621. The highest BCUT2D eigenvalue weighted by Gasteiger charge is 2.10. The second-order valence-corrected chi connectivity index (χ2v) is 6.72. The van der Waals surface area contributed by atoms with E-state index >= 15 is 0 Å². The van der Waals surface area contributed by atoms with Crippen molar-refractivity contribution in [1.82, 2.24) is 0 Å². The summed E-state index contributed by atoms with van der Waals surface area (Å²) >= 11 is 1.52. The van der Waals surface area contributed by atoms with Gasteiger partial charge in [0.25, 0.3) is 0 Å². The Kier molecular flexibility index (Phi) is 5.14. The first-order valence-electron chi connectivity index (χ1n) is 7.80. The number of ether oxygens (including phenoxy) is 1. The SMILES string of the molecule is CC(Oc1ccc(Sc2ccc(O)cc2)c(N)c1)c1ccc(F)cc1. The summed E-state index contributed by atoms with van der Waals surface area (Å²) in [7, 11) is 0. The Bertz CT molecular complexity index is 851. The standard InChI is InChI=1S/C20H18FNO2S/c1-13(14-2-4-15(21)5-3-14)24-17-8-11-20(19(22)12-17)25-18-9-6-16(23)7-10-18/h2-13,23H,22H2,1H3. The molecule has 0 fully saturated rings. The Labute approximate surface area is 150 Å². The third-order valence-corrected chi connectivity index (χ3v) is 4.80. The van der Waals surface area contributed by atoms with Gasteiger partial charge < -0.3 is 15.6 Å². The summed E-state index contributed by atoms with van der Waals surface area (Å²) < 4.78 is 18.9. The van der Waals surface area contributed by atoms with Gasteiger partial charge in [-0.3, -0.25) is 0 Å². The maximum absolute atomic E-state index is 13.0. The number of hydrogen-bond acceptors (Lipinski definition) is 4. The smallest absolute Gasteiger partial charge is 0.123 e. The molecule has 0 amide bonds. The van der Waals surface area contributed by atoms with Crippen molar-refractivity contribution in [1.29, 1.82) is 0 Å². The van der Waals surface area contributed by atoms with Crippen molar-refractivity contribution in [3.05, 3.63) is 78.1 Å². The maximum Gasteiger partial charge on any atom is 0.123 e. The van der Waals surface area contributed by atoms with Crippen molar-refractivity contribution in [2.45, 2.75) is 22.8 Å². The summed E-state index contributed by atoms with van der Waals surface area (Å²) in [5.41, 5.74) is 7.64. The second-order valence-electron chi connectivity index (χ2n) is 5.61. The zero-order chi connectivity index (χ0) is 17.8. The number of nitrogens with two attached hydrogens (primary N) is 1. The topological polar surface area (TPSA) is 55.5 Å². The fourth-order valence-electron chi connectivity index (χ4n) is 2.34. The number of nitrogen functional groups attached to an aromatic ring is 1. The van der Waals surface area contributed by atoms with E-state index in [9.17, 15) is 9.50 Å². The van der Waals surface area contributed by atoms with Crippen LogP contribution in [0.25, 0.3) is 0 Å². The molecular formula is C20H18FNO2S. The Hall–Kier alpha value is -2.66. The van der Waals surface area contributed by atoms with Crippen LogP contribution in [0.4, 0.5) is 10.1 Å². The van der Waals surface area contributed by atoms with Crippen molar-refractivity contribution in [3.8, 4) is 11.5 Å². The highest BCUT2D eigenvalue weighted by atomic mass is 32.2. The van der Waals surface area contributed by atoms with Crippen LogP contribution in [-0.2, 0) is 0 Å². The highest BCUT2D eigenvalue weighted by molar-refractivity contribution is 7.99. The molecule has 3 aromatic rings. The van der Waals surface area contributed by atoms with Gasteiger partial charge in [-0.15, -0.1) is 0 Å². The molecule has 0 aliphatic carbocycles. The van der Waals surface area contributed by atoms with Crippen LogP contribution in [0.2, 0.25) is 0 Å². The van der Waals surface area contributed by atoms with Crippen LogP contribution >= 0.6 is 11.8 Å². The molecule has 0 aliphatic heterocycles. The summed E-state index contributed by atoms with van der Waals surface area (Å²) in [6, 6.07) is 18.7. The molecule has 0 radical (unpaired) electrons. The molecule has 128 valence electrons. The van der Waals surface area contributed by atoms with E-state index in [2.05, 4.69) is 0 Å². The number of hydrogen-bond donors (Lipinski definition) is 2. The molecule has 1 unspecified atom stereocenters. The monoisotopic (exact) mass is 355 g/mol. The van der Waals surface area contributed by atoms with Gasteiger partial charge in [-0.2, -0.15) is 0 Å². The quantitative estimate of drug-likeness (QED) is 0.601. The van der Waals surface area contributed by atoms with Crippen LogP contribution in [0.1, 0.15) is 18.6 Å². The van der Waals surface area contributed by atoms with Gasteiger partial charge in [0.05, 0.1) is 0 Å². The third kappa shape index (κ3) is 4.45. The average Bonchev–Trinajstić information content (AvgIpc) is 2.60. The number of phenols is 1. The normalized spacial score (nSPS) is 11.9. The molecule has 0 saturated heterocycles. The predicted octanol–water partition coefficient (Wildman–Crippen LogP) is 5.40. The van der Waals surface area contributed by atoms with Crippen LogP contribution in [0.15, 0.2) is 76.5 Å². The minimum Gasteiger partial charge on any atom is -0.508 e. The van der Waals surface area contributed by atoms with E-state index in [0.29, 0.717) is 11.4 Å². The zero-order valence-electron chi connectivity index (χ0n) is 13.6. The number of benzene rings is 3. The molecule has 3 N–H and O–H groups in total. The zero-order valence-corrected chi connectivity index (χ0v) is 14.5. The number of aromatic hydroxyl groups is 1. The summed E-state index contributed by atoms with van der Waals surface area (Å²) in [4.78, 5) is 1.89. The fraction of sp³-hybridized carbons (Fsp3) is 0.100. The summed E-state index contributed by atoms with van der Waals surface area (Å²) in [6.45, 7) is 1.91. The van der Waals surface area contributed by atoms with Crippen LogP contribution in [0.5, 0.6) is 11.5 Å². The highest BCUT2D eigenvalue weighted by Crippen LogP contribution is 2.35. The van der Waals surface area contributed by atoms with Crippen molar-refractivity contribution in [3.63, 3.8) is 0 Å². The van der Waals surface area contributed by atoms with Crippen LogP contribution in [-0.4, -0.2) is 5.11 Å². The molecular weight excluding hydrogens is 337 g/mol. The first kappa shape index (κ1) is 17.2. The van der Waals surface area contributed by atoms with Crippen LogP contribution in [0, 0.1) is 5.82 Å². The molecule has 3 nitrogen and oxygen atoms in total. The molecule has 0 spiro atoms. The number of anilines is 1. The molecule has 0 saturated carbocycles. The Morgan fingerprint density at radius 2 is 1.68 bits per heavy atom. The van der Waals surface area contributed by atoms with Crippen molar-refractivity contribution in [2.24, 2.45) is 0 Å². The Balaban J connectivity index is 1.70. The van der Waals surface area contributed by atoms with Crippen LogP contribution < -0.4 is 10.5 Å². The second kappa shape index (κ2) is 7.49. The van der Waals surface area contributed by atoms with E-state index in [4.69, 9.17) is 10.5 Å². The lowest BCUT2D eigenvalue weighted by atomic mass is 10.1. The predicted molar refractivity (Wildman–Crippen MR) is 98.5 cm³/mol. The average molecular weight is 355 g/mol. The largest absolute Gasteiger partial charge is 0.508 e. The molecule has 25 heavy (non-hydrogen) atoms. The van der Waals surface area contributed by atoms with Crippen molar-refractivity contribution in [2.75, 3.05) is 5.73 Å². The van der Waals surface area contributed by atoms with Gasteiger partial charge in [0, 0.05) is 21.5 Å². The molecule has 0 aromatic heterocycles. The minimum atomic E-state index is -0.268. The Morgan fingerprint density at radius 1 is 1.00 bits per heavy atom. The summed E-state index contributed by atoms with van der Waals surface area (Å²) in [5, 5.41) is 9.34. The maximum atomic E-state index is 13.0. The number of rotatable bonds is 5. The lowest BCUT2D eigenvalue weighted by Gasteiger charge is -2.16. The first-order valence-corrected chi connectivity index (χ1v) is 8.61. The number of halogens is 1. The van der Waals surface area contributed by atoms with Crippen LogP contribution in [0.3, 0.4) is 0 Å². The van der Waals surface area contributed by atoms with Gasteiger partial charge in [-0.1, -0.05) is 23.9 Å². The van der Waals surface area contributed by atoms with E-state index in [0.717, 1.165) is 15.4 Å². The van der Waals surface area contributed by atoms with Gasteiger partial charge in [-0.05, 0) is 61.0 Å². The molecule has 0 aliphatic rings. The summed E-state index contributed by atoms with van der Waals surface area (Å²) in [6.07, 6.45) is -0.212. The molecule has 1 atom stereocenters. The Morgan fingerprint density at radius 3 is 2.32 bits per heavy atom. The van der Waals surface area contributed by atoms with E-state index in [1.54, 1.807) is 30.3 Å². The molecule has 0 bridgehead atoms. The van der Waals surface area contributed by atoms with E-state index in [1.165, 1.54) is 23.9 Å². The fourth-order valence-corrected chi connectivity index (χ4v) is 3.18. The lowest BCUT2D eigenvalue weighted by Crippen LogP contribution is -2.03. The van der Waals surface area contributed by atoms with Gasteiger partial charge in [0.15, 0.2) is 0 Å². The van der Waals surface area contributed by atoms with Gasteiger partial charge in [0.2, 0.25) is 0 Å².